The zero-order valence-corrected chi connectivity index (χ0v) is 6.17. The summed E-state index contributed by atoms with van der Waals surface area (Å²) in [5.74, 6) is 0. The highest BCUT2D eigenvalue weighted by Gasteiger charge is 1.75. The van der Waals surface area contributed by atoms with E-state index in [-0.39, 0.29) is 11.0 Å². The van der Waals surface area contributed by atoms with E-state index < -0.39 is 0 Å². The van der Waals surface area contributed by atoms with E-state index in [0.29, 0.717) is 0 Å². The van der Waals surface area contributed by atoms with Gasteiger partial charge < -0.3 is 0 Å². The Bertz CT molecular complexity index is 167. The third-order valence-electron chi connectivity index (χ3n) is 1.04. The molecule has 0 amide bonds. The summed E-state index contributed by atoms with van der Waals surface area (Å²) in [7, 11) is 0. The maximum absolute atomic E-state index is 3.63. The molecule has 0 nitrogen and oxygen atoms in total. The molecule has 0 fully saturated rings. The van der Waals surface area contributed by atoms with Crippen molar-refractivity contribution in [1.82, 2.24) is 0 Å². The molecule has 0 saturated carbocycles. The summed E-state index contributed by atoms with van der Waals surface area (Å²) < 4.78 is 0. The van der Waals surface area contributed by atoms with Crippen LogP contribution < -0.4 is 0 Å². The van der Waals surface area contributed by atoms with Crippen LogP contribution in [0.15, 0.2) is 36.9 Å². The maximum atomic E-state index is 3.63. The molecule has 0 aliphatic rings. The van der Waals surface area contributed by atoms with E-state index in [0.717, 1.165) is 0 Å². The zero-order valence-electron chi connectivity index (χ0n) is 5.17. The van der Waals surface area contributed by atoms with E-state index in [2.05, 4.69) is 6.58 Å². The fraction of sp³-hybridized carbons (Fsp3) is 0. The normalized spacial score (nSPS) is 7.56. The Kier molecular flexibility index (Phi) is 3.72. The minimum atomic E-state index is 0. The second-order valence-electron chi connectivity index (χ2n) is 1.61. The molecule has 0 saturated heterocycles. The predicted octanol–water partition coefficient (Wildman–Crippen LogP) is 1.95. The van der Waals surface area contributed by atoms with Gasteiger partial charge in [0.1, 0.15) is 0 Å². The van der Waals surface area contributed by atoms with Gasteiger partial charge in [-0.25, -0.2) is 0 Å². The summed E-state index contributed by atoms with van der Waals surface area (Å²) in [5, 5.41) is 0. The molecule has 0 aliphatic carbocycles. The van der Waals surface area contributed by atoms with Gasteiger partial charge in [0.2, 0.25) is 0 Å². The van der Waals surface area contributed by atoms with Crippen LogP contribution in [0.25, 0.3) is 6.08 Å². The van der Waals surface area contributed by atoms with Crippen molar-refractivity contribution in [2.45, 2.75) is 0 Å². The average Bonchev–Trinajstić information content (AvgIpc) is 1.90. The molecule has 0 heterocycles. The number of rotatable bonds is 1. The second-order valence-corrected chi connectivity index (χ2v) is 1.61. The van der Waals surface area contributed by atoms with E-state index in [9.17, 15) is 0 Å². The maximum Gasteiger partial charge on any atom is 0 e. The van der Waals surface area contributed by atoms with E-state index in [1.54, 1.807) is 0 Å². The van der Waals surface area contributed by atoms with Crippen molar-refractivity contribution in [2.24, 2.45) is 0 Å². The molecule has 0 aliphatic heterocycles. The first-order chi connectivity index (χ1) is 3.93. The highest BCUT2D eigenvalue weighted by atomic mass is 28.1. The van der Waals surface area contributed by atoms with Crippen molar-refractivity contribution < 1.29 is 0 Å². The van der Waals surface area contributed by atoms with Crippen LogP contribution in [0.4, 0.5) is 0 Å². The van der Waals surface area contributed by atoms with Gasteiger partial charge in [0.15, 0.2) is 0 Å². The molecule has 0 unspecified atom stereocenters. The topological polar surface area (TPSA) is 0 Å². The molecule has 0 bridgehead atoms. The molecule has 0 spiro atoms. The van der Waals surface area contributed by atoms with Gasteiger partial charge in [0.25, 0.3) is 0 Å². The van der Waals surface area contributed by atoms with Crippen LogP contribution in [0, 0.1) is 0 Å². The zero-order chi connectivity index (χ0) is 5.82. The molecule has 1 aromatic carbocycles. The van der Waals surface area contributed by atoms with Crippen LogP contribution in [0.5, 0.6) is 0 Å². The Morgan fingerprint density at radius 3 is 2.00 bits per heavy atom. The van der Waals surface area contributed by atoms with Crippen LogP contribution in [-0.4, -0.2) is 11.0 Å². The summed E-state index contributed by atoms with van der Waals surface area (Å²) >= 11 is 0. The Labute approximate surface area is 60.2 Å². The van der Waals surface area contributed by atoms with Crippen LogP contribution >= 0.6 is 0 Å². The lowest BCUT2D eigenvalue weighted by atomic mass is 10.2. The molecule has 4 radical (unpaired) electrons. The Morgan fingerprint density at radius 2 is 1.67 bits per heavy atom. The summed E-state index contributed by atoms with van der Waals surface area (Å²) in [6, 6.07) is 10.0. The lowest BCUT2D eigenvalue weighted by Crippen LogP contribution is -1.63. The molecule has 0 N–H and O–H groups in total. The van der Waals surface area contributed by atoms with Crippen LogP contribution in [0.2, 0.25) is 0 Å². The molecule has 1 aromatic rings. The van der Waals surface area contributed by atoms with E-state index in [1.165, 1.54) is 5.56 Å². The van der Waals surface area contributed by atoms with Crippen LogP contribution in [0.3, 0.4) is 0 Å². The summed E-state index contributed by atoms with van der Waals surface area (Å²) in [6.45, 7) is 3.63. The van der Waals surface area contributed by atoms with E-state index in [4.69, 9.17) is 0 Å². The highest BCUT2D eigenvalue weighted by Crippen LogP contribution is 1.97. The lowest BCUT2D eigenvalue weighted by molar-refractivity contribution is 1.67. The smallest absolute Gasteiger partial charge is 0 e. The van der Waals surface area contributed by atoms with Gasteiger partial charge in [-0.1, -0.05) is 43.0 Å². The predicted molar refractivity (Wildman–Crippen MR) is 42.3 cm³/mol. The van der Waals surface area contributed by atoms with Crippen LogP contribution in [0.1, 0.15) is 5.56 Å². The first-order valence-electron chi connectivity index (χ1n) is 2.61. The largest absolute Gasteiger partial charge is 0.0985 e. The Morgan fingerprint density at radius 1 is 1.11 bits per heavy atom. The number of hydrogen-bond donors (Lipinski definition) is 0. The Hall–Kier alpha value is -0.823. The molecule has 1 heteroatoms. The minimum Gasteiger partial charge on any atom is -0.0985 e. The van der Waals surface area contributed by atoms with Gasteiger partial charge in [0, 0.05) is 11.0 Å². The molecular weight excluding hydrogens is 124 g/mol. The van der Waals surface area contributed by atoms with Gasteiger partial charge in [-0.2, -0.15) is 0 Å². The lowest BCUT2D eigenvalue weighted by Gasteiger charge is -1.85. The molecule has 0 atom stereocenters. The van der Waals surface area contributed by atoms with Gasteiger partial charge >= 0.3 is 0 Å². The second kappa shape index (κ2) is 4.10. The van der Waals surface area contributed by atoms with Crippen molar-refractivity contribution in [1.29, 1.82) is 0 Å². The number of hydrogen-bond acceptors (Lipinski definition) is 0. The van der Waals surface area contributed by atoms with E-state index in [1.807, 2.05) is 36.4 Å². The van der Waals surface area contributed by atoms with Crippen molar-refractivity contribution in [3.05, 3.63) is 42.5 Å². The molecule has 44 valence electrons. The van der Waals surface area contributed by atoms with Crippen molar-refractivity contribution in [3.63, 3.8) is 0 Å². The quantitative estimate of drug-likeness (QED) is 0.512. The summed E-state index contributed by atoms with van der Waals surface area (Å²) in [6.07, 6.45) is 1.83. The number of benzene rings is 1. The fourth-order valence-electron chi connectivity index (χ4n) is 0.589. The average molecular weight is 132 g/mol. The standard InChI is InChI=1S/C8H8.Si/c1-2-8-6-4-3-5-7-8;/h2-7H,1H2;. The fourth-order valence-corrected chi connectivity index (χ4v) is 0.589. The van der Waals surface area contributed by atoms with Crippen molar-refractivity contribution >= 4 is 17.0 Å². The molecule has 1 rings (SSSR count). The molecule has 9 heavy (non-hydrogen) atoms. The van der Waals surface area contributed by atoms with Crippen molar-refractivity contribution in [2.75, 3.05) is 0 Å². The highest BCUT2D eigenvalue weighted by molar-refractivity contribution is 5.75. The first-order valence-corrected chi connectivity index (χ1v) is 2.61. The van der Waals surface area contributed by atoms with Gasteiger partial charge in [-0.15, -0.1) is 0 Å². The van der Waals surface area contributed by atoms with E-state index >= 15 is 0 Å². The van der Waals surface area contributed by atoms with Crippen molar-refractivity contribution in [3.8, 4) is 0 Å². The van der Waals surface area contributed by atoms with Gasteiger partial charge in [0.05, 0.1) is 0 Å². The molecule has 0 aromatic heterocycles. The summed E-state index contributed by atoms with van der Waals surface area (Å²) in [4.78, 5) is 0. The molecular formula is C8H8Si. The SMILES string of the molecule is C=Cc1ccccc1.[Si]. The first kappa shape index (κ1) is 8.18. The van der Waals surface area contributed by atoms with Gasteiger partial charge in [-0.3, -0.25) is 0 Å². The van der Waals surface area contributed by atoms with Gasteiger partial charge in [-0.05, 0) is 5.56 Å². The third-order valence-corrected chi connectivity index (χ3v) is 1.04. The monoisotopic (exact) mass is 132 g/mol. The minimum absolute atomic E-state index is 0. The van der Waals surface area contributed by atoms with Crippen LogP contribution in [-0.2, 0) is 0 Å². The summed E-state index contributed by atoms with van der Waals surface area (Å²) in [5.41, 5.74) is 1.17. The Balaban J connectivity index is 0.000000640. The third kappa shape index (κ3) is 2.28.